The summed E-state index contributed by atoms with van der Waals surface area (Å²) >= 11 is 0. The molecule has 0 atom stereocenters. The van der Waals surface area contributed by atoms with E-state index in [2.05, 4.69) is 0 Å². The van der Waals surface area contributed by atoms with Crippen molar-refractivity contribution < 1.29 is 18.3 Å². The summed E-state index contributed by atoms with van der Waals surface area (Å²) in [5, 5.41) is 8.99. The summed E-state index contributed by atoms with van der Waals surface area (Å²) in [6, 6.07) is 1.76. The largest absolute Gasteiger partial charge is 0.481 e. The summed E-state index contributed by atoms with van der Waals surface area (Å²) < 4.78 is 26.6. The van der Waals surface area contributed by atoms with E-state index in [9.17, 15) is 13.2 Å². The summed E-state index contributed by atoms with van der Waals surface area (Å²) in [4.78, 5) is 11.2. The van der Waals surface area contributed by atoms with Crippen molar-refractivity contribution in [3.05, 3.63) is 28.3 Å². The van der Waals surface area contributed by atoms with Crippen molar-refractivity contribution in [3.8, 4) is 0 Å². The minimum absolute atomic E-state index is 0.152. The van der Waals surface area contributed by atoms with E-state index < -0.39 is 16.0 Å². The first kappa shape index (κ1) is 15.0. The van der Waals surface area contributed by atoms with Gasteiger partial charge >= 0.3 is 5.97 Å². The molecule has 1 aliphatic heterocycles. The Bertz CT molecular complexity index is 660. The van der Waals surface area contributed by atoms with Crippen molar-refractivity contribution in [2.24, 2.45) is 0 Å². The van der Waals surface area contributed by atoms with Gasteiger partial charge < -0.3 is 5.11 Å². The molecule has 0 aliphatic carbocycles. The van der Waals surface area contributed by atoms with Crippen molar-refractivity contribution in [1.29, 1.82) is 0 Å². The first-order valence-electron chi connectivity index (χ1n) is 6.56. The molecule has 1 fully saturated rings. The number of sulfonamides is 1. The van der Waals surface area contributed by atoms with Gasteiger partial charge in [0.15, 0.2) is 0 Å². The highest BCUT2D eigenvalue weighted by Gasteiger charge is 2.32. The van der Waals surface area contributed by atoms with Gasteiger partial charge in [0.05, 0.1) is 11.3 Å². The summed E-state index contributed by atoms with van der Waals surface area (Å²) in [5.41, 5.74) is 2.67. The fourth-order valence-corrected chi connectivity index (χ4v) is 4.66. The van der Waals surface area contributed by atoms with Crippen LogP contribution in [0.25, 0.3) is 0 Å². The quantitative estimate of drug-likeness (QED) is 0.916. The van der Waals surface area contributed by atoms with Gasteiger partial charge in [0.1, 0.15) is 0 Å². The Morgan fingerprint density at radius 2 is 1.85 bits per heavy atom. The van der Waals surface area contributed by atoms with E-state index in [-0.39, 0.29) is 11.3 Å². The smallest absolute Gasteiger partial charge is 0.307 e. The SMILES string of the molecule is Cc1cc(C)c(S(=O)(=O)N2CCC2)c(C)c1CC(=O)O. The molecule has 0 radical (unpaired) electrons. The average Bonchev–Trinajstić information content (AvgIpc) is 2.19. The van der Waals surface area contributed by atoms with E-state index >= 15 is 0 Å². The number of hydrogen-bond acceptors (Lipinski definition) is 3. The van der Waals surface area contributed by atoms with Gasteiger partial charge in [-0.3, -0.25) is 4.79 Å². The van der Waals surface area contributed by atoms with Crippen molar-refractivity contribution in [2.45, 2.75) is 38.5 Å². The van der Waals surface area contributed by atoms with E-state index in [1.54, 1.807) is 19.9 Å². The van der Waals surface area contributed by atoms with Crippen LogP contribution in [0.2, 0.25) is 0 Å². The maximum Gasteiger partial charge on any atom is 0.307 e. The number of aliphatic carboxylic acids is 1. The van der Waals surface area contributed by atoms with Gasteiger partial charge in [-0.25, -0.2) is 8.42 Å². The van der Waals surface area contributed by atoms with Crippen molar-refractivity contribution in [2.75, 3.05) is 13.1 Å². The third kappa shape index (κ3) is 2.45. The number of rotatable bonds is 4. The number of carboxylic acid groups (broad SMARTS) is 1. The third-order valence-electron chi connectivity index (χ3n) is 3.80. The Labute approximate surface area is 119 Å². The molecule has 1 saturated heterocycles. The molecule has 6 heteroatoms. The van der Waals surface area contributed by atoms with Crippen LogP contribution < -0.4 is 0 Å². The van der Waals surface area contributed by atoms with Crippen molar-refractivity contribution in [1.82, 2.24) is 4.31 Å². The van der Waals surface area contributed by atoms with E-state index in [0.717, 1.165) is 12.0 Å². The lowest BCUT2D eigenvalue weighted by atomic mass is 9.97. The Hall–Kier alpha value is -1.40. The zero-order valence-electron chi connectivity index (χ0n) is 11.9. The molecule has 110 valence electrons. The van der Waals surface area contributed by atoms with Gasteiger partial charge in [-0.2, -0.15) is 4.31 Å². The van der Waals surface area contributed by atoms with Gasteiger partial charge in [-0.1, -0.05) is 6.07 Å². The van der Waals surface area contributed by atoms with Gasteiger partial charge in [0.25, 0.3) is 0 Å². The maximum atomic E-state index is 12.6. The zero-order valence-corrected chi connectivity index (χ0v) is 12.7. The fraction of sp³-hybridized carbons (Fsp3) is 0.500. The molecule has 1 aromatic carbocycles. The number of hydrogen-bond donors (Lipinski definition) is 1. The summed E-state index contributed by atoms with van der Waals surface area (Å²) in [5.74, 6) is -0.952. The monoisotopic (exact) mass is 297 g/mol. The highest BCUT2D eigenvalue weighted by Crippen LogP contribution is 2.31. The molecular formula is C14H19NO4S. The molecule has 1 aliphatic rings. The Morgan fingerprint density at radius 3 is 2.30 bits per heavy atom. The van der Waals surface area contributed by atoms with Crippen molar-refractivity contribution in [3.63, 3.8) is 0 Å². The maximum absolute atomic E-state index is 12.6. The third-order valence-corrected chi connectivity index (χ3v) is 5.99. The van der Waals surface area contributed by atoms with Gasteiger partial charge in [-0.05, 0) is 49.4 Å². The van der Waals surface area contributed by atoms with Crippen molar-refractivity contribution >= 4 is 16.0 Å². The van der Waals surface area contributed by atoms with Crippen LogP contribution in [0.1, 0.15) is 28.7 Å². The lowest BCUT2D eigenvalue weighted by molar-refractivity contribution is -0.136. The van der Waals surface area contributed by atoms with Gasteiger partial charge in [0.2, 0.25) is 10.0 Å². The Balaban J connectivity index is 2.61. The molecule has 0 aromatic heterocycles. The van der Waals surface area contributed by atoms with Crippen LogP contribution in [-0.4, -0.2) is 36.9 Å². The molecule has 1 aromatic rings. The molecule has 0 unspecified atom stereocenters. The van der Waals surface area contributed by atoms with Crippen LogP contribution in [0.5, 0.6) is 0 Å². The van der Waals surface area contributed by atoms with E-state index in [4.69, 9.17) is 5.11 Å². The van der Waals surface area contributed by atoms with Crippen LogP contribution in [0.15, 0.2) is 11.0 Å². The van der Waals surface area contributed by atoms with Crippen LogP contribution in [-0.2, 0) is 21.2 Å². The molecule has 0 saturated carbocycles. The number of carbonyl (C=O) groups is 1. The zero-order chi connectivity index (χ0) is 15.1. The predicted molar refractivity (Wildman–Crippen MR) is 75.4 cm³/mol. The number of carboxylic acids is 1. The molecule has 2 rings (SSSR count). The van der Waals surface area contributed by atoms with Crippen LogP contribution in [0.3, 0.4) is 0 Å². The van der Waals surface area contributed by atoms with E-state index in [0.29, 0.717) is 29.8 Å². The van der Waals surface area contributed by atoms with E-state index in [1.807, 2.05) is 6.92 Å². The molecule has 5 nitrogen and oxygen atoms in total. The van der Waals surface area contributed by atoms with Crippen LogP contribution in [0, 0.1) is 20.8 Å². The fourth-order valence-electron chi connectivity index (χ4n) is 2.68. The van der Waals surface area contributed by atoms with Gasteiger partial charge in [-0.15, -0.1) is 0 Å². The lowest BCUT2D eigenvalue weighted by Crippen LogP contribution is -2.42. The molecule has 0 amide bonds. The number of aryl methyl sites for hydroxylation is 2. The topological polar surface area (TPSA) is 74.7 Å². The molecule has 0 spiro atoms. The molecule has 1 N–H and O–H groups in total. The van der Waals surface area contributed by atoms with Crippen LogP contribution in [0.4, 0.5) is 0 Å². The molecular weight excluding hydrogens is 278 g/mol. The van der Waals surface area contributed by atoms with Crippen LogP contribution >= 0.6 is 0 Å². The molecule has 0 bridgehead atoms. The Morgan fingerprint density at radius 1 is 1.25 bits per heavy atom. The number of benzene rings is 1. The predicted octanol–water partition coefficient (Wildman–Crippen LogP) is 1.63. The first-order valence-corrected chi connectivity index (χ1v) is 8.00. The average molecular weight is 297 g/mol. The van der Waals surface area contributed by atoms with Gasteiger partial charge in [0, 0.05) is 13.1 Å². The highest BCUT2D eigenvalue weighted by atomic mass is 32.2. The van der Waals surface area contributed by atoms with E-state index in [1.165, 1.54) is 4.31 Å². The minimum atomic E-state index is -3.50. The Kier molecular flexibility index (Phi) is 3.88. The molecule has 20 heavy (non-hydrogen) atoms. The second kappa shape index (κ2) is 5.18. The molecule has 1 heterocycles. The highest BCUT2D eigenvalue weighted by molar-refractivity contribution is 7.89. The number of nitrogens with zero attached hydrogens (tertiary/aromatic N) is 1. The summed E-state index contributed by atoms with van der Waals surface area (Å²) in [6.45, 7) is 6.37. The second-order valence-corrected chi connectivity index (χ2v) is 7.15. The summed E-state index contributed by atoms with van der Waals surface area (Å²) in [6.07, 6.45) is 0.728. The lowest BCUT2D eigenvalue weighted by Gasteiger charge is -2.31. The summed E-state index contributed by atoms with van der Waals surface area (Å²) in [7, 11) is -3.50. The standard InChI is InChI=1S/C14H19NO4S/c1-9-7-10(2)14(11(3)12(9)8-13(16)17)20(18,19)15-5-4-6-15/h7H,4-6,8H2,1-3H3,(H,16,17). The minimum Gasteiger partial charge on any atom is -0.481 e. The second-order valence-electron chi connectivity index (χ2n) is 5.27. The normalized spacial score (nSPS) is 15.9. The first-order chi connectivity index (χ1) is 9.25.